The Bertz CT molecular complexity index is 710. The Labute approximate surface area is 126 Å². The van der Waals surface area contributed by atoms with Crippen molar-refractivity contribution in [1.29, 1.82) is 0 Å². The molecule has 0 aliphatic heterocycles. The zero-order valence-corrected chi connectivity index (χ0v) is 12.7. The van der Waals surface area contributed by atoms with Gasteiger partial charge in [-0.2, -0.15) is 13.2 Å². The van der Waals surface area contributed by atoms with Crippen molar-refractivity contribution in [3.8, 4) is 0 Å². The lowest BCUT2D eigenvalue weighted by Gasteiger charge is -2.08. The third-order valence-electron chi connectivity index (χ3n) is 2.88. The molecular weight excluding hydrogens is 321 g/mol. The van der Waals surface area contributed by atoms with Gasteiger partial charge in [-0.25, -0.2) is 17.6 Å². The fourth-order valence-electron chi connectivity index (χ4n) is 1.55. The van der Waals surface area contributed by atoms with Crippen LogP contribution in [-0.4, -0.2) is 23.0 Å². The summed E-state index contributed by atoms with van der Waals surface area (Å²) in [5.74, 6) is 1.27. The molecule has 1 aromatic carbocycles. The second-order valence-electron chi connectivity index (χ2n) is 4.47. The van der Waals surface area contributed by atoms with Crippen molar-refractivity contribution in [3.05, 3.63) is 54.1 Å². The molecule has 0 fully saturated rings. The summed E-state index contributed by atoms with van der Waals surface area (Å²) >= 11 is 0. The molecule has 0 radical (unpaired) electrons. The maximum atomic E-state index is 10.7. The second kappa shape index (κ2) is 6.93. The van der Waals surface area contributed by atoms with Gasteiger partial charge in [-0.15, -0.1) is 0 Å². The number of aromatic nitrogens is 2. The highest BCUT2D eigenvalue weighted by atomic mass is 32.2. The predicted octanol–water partition coefficient (Wildman–Crippen LogP) is 1.72. The third kappa shape index (κ3) is 5.15. The molecular formula is C13H15F3N2O3S. The van der Waals surface area contributed by atoms with Gasteiger partial charge < -0.3 is 4.55 Å². The lowest BCUT2D eigenvalue weighted by Crippen LogP contribution is -2.29. The van der Waals surface area contributed by atoms with E-state index in [0.717, 1.165) is 6.54 Å². The largest absolute Gasteiger partial charge is 0.741 e. The van der Waals surface area contributed by atoms with E-state index in [1.54, 1.807) is 0 Å². The number of imidazole rings is 1. The van der Waals surface area contributed by atoms with Crippen LogP contribution < -0.4 is 4.57 Å². The number of benzene rings is 1. The van der Waals surface area contributed by atoms with E-state index in [-0.39, 0.29) is 0 Å². The van der Waals surface area contributed by atoms with Gasteiger partial charge >= 0.3 is 5.51 Å². The van der Waals surface area contributed by atoms with Crippen LogP contribution in [0.1, 0.15) is 11.4 Å². The molecule has 0 saturated carbocycles. The van der Waals surface area contributed by atoms with Crippen LogP contribution >= 0.6 is 0 Å². The highest BCUT2D eigenvalue weighted by Crippen LogP contribution is 2.20. The van der Waals surface area contributed by atoms with Crippen molar-refractivity contribution in [3.63, 3.8) is 0 Å². The van der Waals surface area contributed by atoms with Gasteiger partial charge in [0.25, 0.3) is 5.82 Å². The average molecular weight is 336 g/mol. The number of hydrogen-bond donors (Lipinski definition) is 0. The minimum absolute atomic E-state index is 0.952. The summed E-state index contributed by atoms with van der Waals surface area (Å²) in [5, 5.41) is 0. The van der Waals surface area contributed by atoms with Crippen LogP contribution in [0.2, 0.25) is 0 Å². The first-order chi connectivity index (χ1) is 10.0. The van der Waals surface area contributed by atoms with Crippen LogP contribution in [0.15, 0.2) is 42.7 Å². The summed E-state index contributed by atoms with van der Waals surface area (Å²) in [5.41, 5.74) is -4.31. The molecule has 0 aliphatic carbocycles. The minimum Gasteiger partial charge on any atom is -0.741 e. The van der Waals surface area contributed by atoms with Crippen LogP contribution in [0, 0.1) is 6.92 Å². The van der Waals surface area contributed by atoms with Crippen LogP contribution in [0.25, 0.3) is 0 Å². The lowest BCUT2D eigenvalue weighted by molar-refractivity contribution is -0.677. The Morgan fingerprint density at radius 1 is 1.23 bits per heavy atom. The molecule has 1 aromatic heterocycles. The van der Waals surface area contributed by atoms with E-state index < -0.39 is 15.6 Å². The third-order valence-corrected chi connectivity index (χ3v) is 3.44. The summed E-state index contributed by atoms with van der Waals surface area (Å²) in [4.78, 5) is 0. The molecule has 1 heterocycles. The van der Waals surface area contributed by atoms with Crippen LogP contribution in [0.4, 0.5) is 13.2 Å². The monoisotopic (exact) mass is 336 g/mol. The number of hydrogen-bond acceptors (Lipinski definition) is 3. The van der Waals surface area contributed by atoms with Crippen LogP contribution in [0.5, 0.6) is 0 Å². The number of halogens is 3. The van der Waals surface area contributed by atoms with Gasteiger partial charge in [0.15, 0.2) is 10.1 Å². The molecule has 2 rings (SSSR count). The van der Waals surface area contributed by atoms with Gasteiger partial charge in [-0.05, 0) is 5.56 Å². The quantitative estimate of drug-likeness (QED) is 0.476. The van der Waals surface area contributed by atoms with Crippen molar-refractivity contribution in [2.75, 3.05) is 0 Å². The molecule has 0 bridgehead atoms. The molecule has 0 aliphatic rings. The summed E-state index contributed by atoms with van der Waals surface area (Å²) in [6.07, 6.45) is 4.20. The molecule has 9 heteroatoms. The van der Waals surface area contributed by atoms with Gasteiger partial charge in [0.1, 0.15) is 18.9 Å². The van der Waals surface area contributed by atoms with E-state index in [1.807, 2.05) is 6.07 Å². The maximum absolute atomic E-state index is 10.7. The molecule has 22 heavy (non-hydrogen) atoms. The Morgan fingerprint density at radius 3 is 2.09 bits per heavy atom. The standard InChI is InChI=1S/C12H15N2.CHF3O3S/c1-11-13(2)8-9-14(11)10-12-6-4-3-5-7-12;2-1(3,4)8(5,6)7/h3-9H,10H2,1-2H3;(H,5,6,7)/q+1;/p-1. The molecule has 0 saturated heterocycles. The predicted molar refractivity (Wildman–Crippen MR) is 71.6 cm³/mol. The number of alkyl halides is 3. The van der Waals surface area contributed by atoms with Gasteiger partial charge in [0.2, 0.25) is 0 Å². The highest BCUT2D eigenvalue weighted by Gasteiger charge is 2.36. The molecule has 5 nitrogen and oxygen atoms in total. The highest BCUT2D eigenvalue weighted by molar-refractivity contribution is 7.86. The van der Waals surface area contributed by atoms with Gasteiger partial charge in [-0.3, -0.25) is 0 Å². The average Bonchev–Trinajstić information content (AvgIpc) is 2.70. The maximum Gasteiger partial charge on any atom is 0.485 e. The first kappa shape index (κ1) is 18.2. The van der Waals surface area contributed by atoms with Gasteiger partial charge in [-0.1, -0.05) is 30.3 Å². The Hall–Kier alpha value is -1.87. The Balaban J connectivity index is 0.000000261. The zero-order chi connectivity index (χ0) is 17.0. The number of nitrogens with zero attached hydrogens (tertiary/aromatic N) is 2. The molecule has 0 spiro atoms. The second-order valence-corrected chi connectivity index (χ2v) is 5.84. The van der Waals surface area contributed by atoms with Crippen molar-refractivity contribution in [1.82, 2.24) is 4.57 Å². The van der Waals surface area contributed by atoms with E-state index >= 15 is 0 Å². The topological polar surface area (TPSA) is 66.0 Å². The van der Waals surface area contributed by atoms with E-state index in [2.05, 4.69) is 59.8 Å². The summed E-state index contributed by atoms with van der Waals surface area (Å²) < 4.78 is 63.3. The smallest absolute Gasteiger partial charge is 0.485 e. The lowest BCUT2D eigenvalue weighted by atomic mass is 10.2. The SMILES string of the molecule is Cc1n(Cc2ccccc2)cc[n+]1C.O=S(=O)([O-])C(F)(F)F. The van der Waals surface area contributed by atoms with E-state index in [1.165, 1.54) is 11.4 Å². The molecule has 122 valence electrons. The van der Waals surface area contributed by atoms with E-state index in [4.69, 9.17) is 13.0 Å². The molecule has 0 N–H and O–H groups in total. The normalized spacial score (nSPS) is 11.7. The summed E-state index contributed by atoms with van der Waals surface area (Å²) in [6.45, 7) is 3.08. The zero-order valence-electron chi connectivity index (χ0n) is 11.9. The number of rotatable bonds is 2. The Kier molecular flexibility index (Phi) is 5.72. The number of aryl methyl sites for hydroxylation is 1. The first-order valence-electron chi connectivity index (χ1n) is 6.10. The van der Waals surface area contributed by atoms with Crippen molar-refractivity contribution >= 4 is 10.1 Å². The van der Waals surface area contributed by atoms with Gasteiger partial charge in [0.05, 0.1) is 7.05 Å². The first-order valence-corrected chi connectivity index (χ1v) is 7.50. The fraction of sp³-hybridized carbons (Fsp3) is 0.308. The van der Waals surface area contributed by atoms with Gasteiger partial charge in [0, 0.05) is 6.92 Å². The van der Waals surface area contributed by atoms with Crippen LogP contribution in [0.3, 0.4) is 0 Å². The van der Waals surface area contributed by atoms with Crippen LogP contribution in [-0.2, 0) is 23.7 Å². The molecule has 0 unspecified atom stereocenters. The fourth-order valence-corrected chi connectivity index (χ4v) is 1.55. The molecule has 0 amide bonds. The van der Waals surface area contributed by atoms with Crippen molar-refractivity contribution < 1.29 is 30.7 Å². The summed E-state index contributed by atoms with van der Waals surface area (Å²) in [7, 11) is -4.02. The summed E-state index contributed by atoms with van der Waals surface area (Å²) in [6, 6.07) is 10.5. The van der Waals surface area contributed by atoms with Crippen molar-refractivity contribution in [2.45, 2.75) is 19.0 Å². The Morgan fingerprint density at radius 2 is 1.73 bits per heavy atom. The molecule has 2 aromatic rings. The minimum atomic E-state index is -6.09. The van der Waals surface area contributed by atoms with E-state index in [0.29, 0.717) is 0 Å². The molecule has 0 atom stereocenters. The van der Waals surface area contributed by atoms with Crippen molar-refractivity contribution in [2.24, 2.45) is 7.05 Å². The van der Waals surface area contributed by atoms with E-state index in [9.17, 15) is 13.2 Å².